The average molecular weight is 283 g/mol. The zero-order valence-corrected chi connectivity index (χ0v) is 11.4. The van der Waals surface area contributed by atoms with E-state index in [2.05, 4.69) is 20.6 Å². The highest BCUT2D eigenvalue weighted by Crippen LogP contribution is 2.06. The summed E-state index contributed by atoms with van der Waals surface area (Å²) in [5, 5.41) is 10.4. The Morgan fingerprint density at radius 3 is 2.86 bits per heavy atom. The first-order valence-electron chi connectivity index (χ1n) is 6.39. The number of carbonyl (C=O) groups is 1. The quantitative estimate of drug-likeness (QED) is 0.790. The Balaban J connectivity index is 1.66. The summed E-state index contributed by atoms with van der Waals surface area (Å²) >= 11 is 0. The van der Waals surface area contributed by atoms with Crippen LogP contribution < -0.4 is 5.32 Å². The summed E-state index contributed by atoms with van der Waals surface area (Å²) in [7, 11) is 0. The molecular weight excluding hydrogens is 270 g/mol. The van der Waals surface area contributed by atoms with Gasteiger partial charge in [0.25, 0.3) is 5.91 Å². The number of aryl methyl sites for hydroxylation is 1. The molecule has 3 aromatic rings. The number of aromatic nitrogens is 4. The van der Waals surface area contributed by atoms with Gasteiger partial charge in [-0.2, -0.15) is 0 Å². The van der Waals surface area contributed by atoms with Crippen molar-refractivity contribution in [3.05, 3.63) is 59.7 Å². The number of carbonyl (C=O) groups excluding carboxylic acids is 1. The Morgan fingerprint density at radius 2 is 2.14 bits per heavy atom. The lowest BCUT2D eigenvalue weighted by Crippen LogP contribution is -2.13. The summed E-state index contributed by atoms with van der Waals surface area (Å²) in [4.78, 5) is 15.9. The lowest BCUT2D eigenvalue weighted by molar-refractivity contribution is 0.101. The molecule has 3 rings (SSSR count). The summed E-state index contributed by atoms with van der Waals surface area (Å²) < 4.78 is 6.50. The van der Waals surface area contributed by atoms with E-state index >= 15 is 0 Å². The van der Waals surface area contributed by atoms with Crippen LogP contribution in [-0.4, -0.2) is 25.8 Å². The molecule has 0 saturated carbocycles. The predicted molar refractivity (Wildman–Crippen MR) is 74.8 cm³/mol. The molecule has 0 fully saturated rings. The Hall–Kier alpha value is -2.96. The van der Waals surface area contributed by atoms with E-state index in [1.54, 1.807) is 24.0 Å². The molecule has 1 N–H and O–H groups in total. The van der Waals surface area contributed by atoms with E-state index in [-0.39, 0.29) is 11.6 Å². The minimum Gasteiger partial charge on any atom is -0.361 e. The Morgan fingerprint density at radius 1 is 1.33 bits per heavy atom. The molecule has 0 aliphatic rings. The Labute approximate surface area is 120 Å². The Kier molecular flexibility index (Phi) is 3.46. The molecule has 21 heavy (non-hydrogen) atoms. The number of amides is 1. The molecule has 106 valence electrons. The van der Waals surface area contributed by atoms with Gasteiger partial charge in [-0.3, -0.25) is 10.1 Å². The van der Waals surface area contributed by atoms with Crippen LogP contribution in [0.1, 0.15) is 21.8 Å². The van der Waals surface area contributed by atoms with E-state index in [4.69, 9.17) is 4.52 Å². The summed E-state index contributed by atoms with van der Waals surface area (Å²) in [5.41, 5.74) is 1.30. The number of benzene rings is 1. The number of hydrogen-bond acceptors (Lipinski definition) is 5. The van der Waals surface area contributed by atoms with Crippen LogP contribution in [0.5, 0.6) is 0 Å². The van der Waals surface area contributed by atoms with Crippen molar-refractivity contribution < 1.29 is 9.32 Å². The van der Waals surface area contributed by atoms with Gasteiger partial charge in [0.15, 0.2) is 5.69 Å². The maximum atomic E-state index is 11.9. The van der Waals surface area contributed by atoms with Crippen LogP contribution in [0.4, 0.5) is 5.95 Å². The number of hydrogen-bond donors (Lipinski definition) is 1. The second-order valence-electron chi connectivity index (χ2n) is 4.53. The molecule has 0 spiro atoms. The van der Waals surface area contributed by atoms with Crippen molar-refractivity contribution in [1.29, 1.82) is 0 Å². The molecule has 0 atom stereocenters. The van der Waals surface area contributed by atoms with E-state index in [9.17, 15) is 4.79 Å². The van der Waals surface area contributed by atoms with Gasteiger partial charge in [-0.25, -0.2) is 9.67 Å². The molecule has 2 aromatic heterocycles. The molecule has 7 nitrogen and oxygen atoms in total. The smallest absolute Gasteiger partial charge is 0.280 e. The highest BCUT2D eigenvalue weighted by atomic mass is 16.5. The van der Waals surface area contributed by atoms with Gasteiger partial charge in [-0.05, 0) is 12.5 Å². The van der Waals surface area contributed by atoms with Crippen molar-refractivity contribution in [2.75, 3.05) is 5.32 Å². The van der Waals surface area contributed by atoms with Gasteiger partial charge in [0, 0.05) is 6.07 Å². The minimum absolute atomic E-state index is 0.201. The van der Waals surface area contributed by atoms with Crippen LogP contribution in [0, 0.1) is 6.92 Å². The van der Waals surface area contributed by atoms with Crippen LogP contribution in [0.3, 0.4) is 0 Å². The van der Waals surface area contributed by atoms with Gasteiger partial charge >= 0.3 is 0 Å². The number of nitrogens with zero attached hydrogens (tertiary/aromatic N) is 4. The minimum atomic E-state index is -0.399. The van der Waals surface area contributed by atoms with Crippen molar-refractivity contribution in [3.63, 3.8) is 0 Å². The van der Waals surface area contributed by atoms with Gasteiger partial charge in [0.2, 0.25) is 5.95 Å². The molecule has 0 aliphatic carbocycles. The van der Waals surface area contributed by atoms with Crippen molar-refractivity contribution in [1.82, 2.24) is 19.9 Å². The summed E-state index contributed by atoms with van der Waals surface area (Å²) in [5.74, 6) is 0.406. The van der Waals surface area contributed by atoms with Crippen molar-refractivity contribution in [2.45, 2.75) is 13.5 Å². The fourth-order valence-corrected chi connectivity index (χ4v) is 1.84. The zero-order chi connectivity index (χ0) is 14.7. The van der Waals surface area contributed by atoms with E-state index < -0.39 is 5.91 Å². The van der Waals surface area contributed by atoms with Crippen LogP contribution >= 0.6 is 0 Å². The van der Waals surface area contributed by atoms with Crippen LogP contribution in [0.25, 0.3) is 0 Å². The largest absolute Gasteiger partial charge is 0.361 e. The van der Waals surface area contributed by atoms with Crippen molar-refractivity contribution >= 4 is 11.9 Å². The first-order chi connectivity index (χ1) is 10.2. The molecule has 7 heteroatoms. The van der Waals surface area contributed by atoms with Crippen molar-refractivity contribution in [3.8, 4) is 0 Å². The fourth-order valence-electron chi connectivity index (χ4n) is 1.84. The first kappa shape index (κ1) is 13.0. The molecule has 1 aromatic carbocycles. The first-order valence-corrected chi connectivity index (χ1v) is 6.39. The van der Waals surface area contributed by atoms with Gasteiger partial charge in [0.05, 0.1) is 6.54 Å². The molecule has 1 amide bonds. The molecule has 0 aliphatic heterocycles. The van der Waals surface area contributed by atoms with E-state index in [0.717, 1.165) is 5.56 Å². The third-order valence-electron chi connectivity index (χ3n) is 2.81. The standard InChI is InChI=1S/C14H13N5O2/c1-10-7-12(18-21-10)13(20)16-14-15-9-19(17-14)8-11-5-3-2-4-6-11/h2-7,9H,8H2,1H3,(H,16,17,20). The molecule has 2 heterocycles. The monoisotopic (exact) mass is 283 g/mol. The summed E-state index contributed by atoms with van der Waals surface area (Å²) in [6.45, 7) is 2.31. The van der Waals surface area contributed by atoms with E-state index in [0.29, 0.717) is 12.3 Å². The fraction of sp³-hybridized carbons (Fsp3) is 0.143. The van der Waals surface area contributed by atoms with Crippen LogP contribution in [0.15, 0.2) is 47.2 Å². The van der Waals surface area contributed by atoms with Crippen LogP contribution in [0.2, 0.25) is 0 Å². The average Bonchev–Trinajstić information content (AvgIpc) is 3.09. The van der Waals surface area contributed by atoms with E-state index in [1.165, 1.54) is 0 Å². The molecule has 0 bridgehead atoms. The zero-order valence-electron chi connectivity index (χ0n) is 11.4. The molecule has 0 saturated heterocycles. The highest BCUT2D eigenvalue weighted by Gasteiger charge is 2.13. The summed E-state index contributed by atoms with van der Waals surface area (Å²) in [6.07, 6.45) is 1.57. The van der Waals surface area contributed by atoms with E-state index in [1.807, 2.05) is 30.3 Å². The lowest BCUT2D eigenvalue weighted by Gasteiger charge is -2.00. The number of nitrogens with one attached hydrogen (secondary N) is 1. The maximum absolute atomic E-state index is 11.9. The van der Waals surface area contributed by atoms with Gasteiger partial charge in [-0.15, -0.1) is 5.10 Å². The third-order valence-corrected chi connectivity index (χ3v) is 2.81. The topological polar surface area (TPSA) is 85.8 Å². The molecule has 0 radical (unpaired) electrons. The SMILES string of the molecule is Cc1cc(C(=O)Nc2ncn(Cc3ccccc3)n2)no1. The Bertz CT molecular complexity index is 748. The maximum Gasteiger partial charge on any atom is 0.280 e. The second-order valence-corrected chi connectivity index (χ2v) is 4.53. The van der Waals surface area contributed by atoms with Gasteiger partial charge in [-0.1, -0.05) is 35.5 Å². The summed E-state index contributed by atoms with van der Waals surface area (Å²) in [6, 6.07) is 11.4. The van der Waals surface area contributed by atoms with Gasteiger partial charge in [0.1, 0.15) is 12.1 Å². The van der Waals surface area contributed by atoms with Crippen LogP contribution in [-0.2, 0) is 6.54 Å². The predicted octanol–water partition coefficient (Wildman–Crippen LogP) is 1.88. The third kappa shape index (κ3) is 3.14. The van der Waals surface area contributed by atoms with Crippen molar-refractivity contribution in [2.24, 2.45) is 0 Å². The molecular formula is C14H13N5O2. The molecule has 0 unspecified atom stereocenters. The lowest BCUT2D eigenvalue weighted by atomic mass is 10.2. The normalized spacial score (nSPS) is 10.5. The number of rotatable bonds is 4. The highest BCUT2D eigenvalue weighted by molar-refractivity contribution is 6.01. The van der Waals surface area contributed by atoms with Gasteiger partial charge < -0.3 is 4.52 Å². The number of anilines is 1. The second kappa shape index (κ2) is 5.58.